The molecule has 0 aliphatic rings. The van der Waals surface area contributed by atoms with Crippen molar-refractivity contribution >= 4 is 11.6 Å². The number of nitrogens with two attached hydrogens (primary N) is 1. The summed E-state index contributed by atoms with van der Waals surface area (Å²) in [7, 11) is 0. The minimum Gasteiger partial charge on any atom is -0.485 e. The average Bonchev–Trinajstić information content (AvgIpc) is 3.18. The van der Waals surface area contributed by atoms with Crippen LogP contribution in [-0.2, 0) is 18.0 Å². The Labute approximate surface area is 214 Å². The van der Waals surface area contributed by atoms with Gasteiger partial charge >= 0.3 is 0 Å². The van der Waals surface area contributed by atoms with Gasteiger partial charge in [0.15, 0.2) is 11.4 Å². The van der Waals surface area contributed by atoms with E-state index in [2.05, 4.69) is 10.3 Å². The number of aromatic nitrogens is 2. The van der Waals surface area contributed by atoms with Gasteiger partial charge in [-0.15, -0.1) is 0 Å². The normalized spacial score (nSPS) is 12.9. The molecule has 7 nitrogen and oxygen atoms in total. The minimum absolute atomic E-state index is 0.176. The van der Waals surface area contributed by atoms with Crippen molar-refractivity contribution in [3.63, 3.8) is 0 Å². The fourth-order valence-corrected chi connectivity index (χ4v) is 3.95. The summed E-state index contributed by atoms with van der Waals surface area (Å²) in [6.07, 6.45) is 1.76. The van der Waals surface area contributed by atoms with Crippen molar-refractivity contribution in [2.24, 2.45) is 5.73 Å². The van der Waals surface area contributed by atoms with Gasteiger partial charge in [0.05, 0.1) is 30.0 Å². The molecule has 4 rings (SSSR count). The zero-order valence-corrected chi connectivity index (χ0v) is 21.1. The number of amides is 1. The Bertz CT molecular complexity index is 1380. The van der Waals surface area contributed by atoms with E-state index >= 15 is 0 Å². The summed E-state index contributed by atoms with van der Waals surface area (Å²) < 4.78 is 41.2. The van der Waals surface area contributed by atoms with Crippen LogP contribution in [0, 0.1) is 25.5 Å². The van der Waals surface area contributed by atoms with Gasteiger partial charge in [0, 0.05) is 12.7 Å². The number of pyridine rings is 1. The first-order chi connectivity index (χ1) is 17.6. The smallest absolute Gasteiger partial charge is 0.270 e. The molecule has 0 fully saturated rings. The number of carbonyl (C=O) groups is 1. The predicted octanol–water partition coefficient (Wildman–Crippen LogP) is 4.47. The average molecular weight is 509 g/mol. The van der Waals surface area contributed by atoms with Gasteiger partial charge < -0.3 is 20.5 Å². The van der Waals surface area contributed by atoms with E-state index in [-0.39, 0.29) is 31.2 Å². The van der Waals surface area contributed by atoms with Crippen LogP contribution in [0.5, 0.6) is 5.75 Å². The second-order valence-corrected chi connectivity index (χ2v) is 9.43. The van der Waals surface area contributed by atoms with Crippen molar-refractivity contribution in [1.82, 2.24) is 14.7 Å². The first-order valence-corrected chi connectivity index (χ1v) is 11.9. The molecule has 1 atom stereocenters. The number of imidazole rings is 1. The Morgan fingerprint density at radius 3 is 2.49 bits per heavy atom. The fraction of sp³-hybridized carbons (Fsp3) is 0.286. The highest BCUT2D eigenvalue weighted by molar-refractivity contribution is 5.95. The molecule has 37 heavy (non-hydrogen) atoms. The fourth-order valence-electron chi connectivity index (χ4n) is 3.95. The Kier molecular flexibility index (Phi) is 7.85. The Balaban J connectivity index is 1.46. The lowest BCUT2D eigenvalue weighted by Gasteiger charge is -2.25. The molecule has 0 aliphatic heterocycles. The lowest BCUT2D eigenvalue weighted by atomic mass is 10.1. The zero-order chi connectivity index (χ0) is 26.6. The first kappa shape index (κ1) is 26.2. The molecule has 0 aliphatic carbocycles. The third-order valence-electron chi connectivity index (χ3n) is 5.84. The van der Waals surface area contributed by atoms with Gasteiger partial charge in [0.2, 0.25) is 0 Å². The van der Waals surface area contributed by atoms with Crippen LogP contribution in [0.3, 0.4) is 0 Å². The van der Waals surface area contributed by atoms with Crippen molar-refractivity contribution in [2.45, 2.75) is 39.5 Å². The lowest BCUT2D eigenvalue weighted by Crippen LogP contribution is -2.51. The molecule has 3 N–H and O–H groups in total. The lowest BCUT2D eigenvalue weighted by molar-refractivity contribution is 0.0744. The number of nitrogens with one attached hydrogen (secondary N) is 1. The molecule has 9 heteroatoms. The minimum atomic E-state index is -0.799. The van der Waals surface area contributed by atoms with Crippen LogP contribution >= 0.6 is 0 Å². The van der Waals surface area contributed by atoms with E-state index in [0.29, 0.717) is 29.4 Å². The number of carbonyl (C=O) groups excluding carboxylic acids is 1. The van der Waals surface area contributed by atoms with Crippen LogP contribution < -0.4 is 15.8 Å². The molecule has 194 valence electrons. The third-order valence-corrected chi connectivity index (χ3v) is 5.84. The number of halogens is 2. The van der Waals surface area contributed by atoms with Gasteiger partial charge in [-0.1, -0.05) is 36.4 Å². The quantitative estimate of drug-likeness (QED) is 0.330. The molecule has 0 bridgehead atoms. The number of benzene rings is 2. The molecule has 1 unspecified atom stereocenters. The summed E-state index contributed by atoms with van der Waals surface area (Å²) in [4.78, 5) is 17.7. The van der Waals surface area contributed by atoms with E-state index in [4.69, 9.17) is 15.2 Å². The molecule has 2 aromatic heterocycles. The molecule has 2 aromatic carbocycles. The van der Waals surface area contributed by atoms with Crippen molar-refractivity contribution in [2.75, 3.05) is 13.2 Å². The molecule has 0 saturated carbocycles. The first-order valence-electron chi connectivity index (χ1n) is 11.9. The second-order valence-electron chi connectivity index (χ2n) is 9.43. The number of hydrogen-bond donors (Lipinski definition) is 2. The maximum absolute atomic E-state index is 14.1. The van der Waals surface area contributed by atoms with E-state index in [1.165, 1.54) is 18.2 Å². The van der Waals surface area contributed by atoms with Crippen LogP contribution in [0.15, 0.2) is 60.8 Å². The van der Waals surface area contributed by atoms with Crippen molar-refractivity contribution < 1.29 is 23.0 Å². The summed E-state index contributed by atoms with van der Waals surface area (Å²) in [5.41, 5.74) is 8.36. The van der Waals surface area contributed by atoms with E-state index < -0.39 is 17.2 Å². The van der Waals surface area contributed by atoms with Gasteiger partial charge in [0.25, 0.3) is 5.91 Å². The summed E-state index contributed by atoms with van der Waals surface area (Å²) >= 11 is 0. The van der Waals surface area contributed by atoms with Gasteiger partial charge in [-0.25, -0.2) is 13.8 Å². The maximum atomic E-state index is 14.1. The summed E-state index contributed by atoms with van der Waals surface area (Å²) in [5.74, 6) is -1.44. The van der Waals surface area contributed by atoms with E-state index in [0.717, 1.165) is 11.1 Å². The van der Waals surface area contributed by atoms with Crippen LogP contribution in [0.4, 0.5) is 8.78 Å². The van der Waals surface area contributed by atoms with Gasteiger partial charge in [-0.2, -0.15) is 0 Å². The van der Waals surface area contributed by atoms with Crippen molar-refractivity contribution in [3.8, 4) is 5.75 Å². The molecule has 2 heterocycles. The molecular formula is C28H30F2N4O3. The largest absolute Gasteiger partial charge is 0.485 e. The number of hydrogen-bond acceptors (Lipinski definition) is 5. The molecular weight excluding hydrogens is 478 g/mol. The summed E-state index contributed by atoms with van der Waals surface area (Å²) in [6.45, 7) is 5.87. The topological polar surface area (TPSA) is 90.9 Å². The third kappa shape index (κ3) is 6.31. The number of aryl methyl sites for hydroxylation is 2. The SMILES string of the molecule is Cc1cc(OCc2c(F)cccc2F)c2nc(C)c(C(=O)NCC(C)(N)COCc3ccccc3)n2c1. The van der Waals surface area contributed by atoms with E-state index in [1.54, 1.807) is 30.5 Å². The van der Waals surface area contributed by atoms with Crippen molar-refractivity contribution in [1.29, 1.82) is 0 Å². The van der Waals surface area contributed by atoms with Crippen LogP contribution in [0.1, 0.15) is 39.8 Å². The van der Waals surface area contributed by atoms with Gasteiger partial charge in [-0.3, -0.25) is 9.20 Å². The molecule has 0 radical (unpaired) electrons. The number of nitrogens with zero attached hydrogens (tertiary/aromatic N) is 2. The maximum Gasteiger partial charge on any atom is 0.270 e. The Morgan fingerprint density at radius 1 is 1.08 bits per heavy atom. The zero-order valence-electron chi connectivity index (χ0n) is 21.1. The van der Waals surface area contributed by atoms with E-state index in [9.17, 15) is 13.6 Å². The van der Waals surface area contributed by atoms with Crippen LogP contribution in [0.25, 0.3) is 5.65 Å². The standard InChI is InChI=1S/C28H30F2N4O3/c1-18-12-24(37-15-21-22(29)10-7-11-23(21)30)26-33-19(2)25(34(26)13-18)27(35)32-16-28(3,31)17-36-14-20-8-5-4-6-9-20/h4-13H,14-17,31H2,1-3H3,(H,32,35). The highest BCUT2D eigenvalue weighted by Crippen LogP contribution is 2.26. The highest BCUT2D eigenvalue weighted by Gasteiger charge is 2.24. The van der Waals surface area contributed by atoms with Gasteiger partial charge in [-0.05, 0) is 50.1 Å². The monoisotopic (exact) mass is 508 g/mol. The second kappa shape index (κ2) is 11.1. The summed E-state index contributed by atoms with van der Waals surface area (Å²) in [5, 5.41) is 2.87. The molecule has 0 saturated heterocycles. The predicted molar refractivity (Wildman–Crippen MR) is 136 cm³/mol. The van der Waals surface area contributed by atoms with Gasteiger partial charge in [0.1, 0.15) is 23.9 Å². The molecule has 0 spiro atoms. The number of rotatable bonds is 10. The van der Waals surface area contributed by atoms with Crippen molar-refractivity contribution in [3.05, 3.63) is 101 Å². The number of ether oxygens (including phenoxy) is 2. The van der Waals surface area contributed by atoms with Crippen LogP contribution in [-0.4, -0.2) is 34.0 Å². The Morgan fingerprint density at radius 2 is 1.78 bits per heavy atom. The molecule has 4 aromatic rings. The van der Waals surface area contributed by atoms with E-state index in [1.807, 2.05) is 37.3 Å². The Hall–Kier alpha value is -3.82. The highest BCUT2D eigenvalue weighted by atomic mass is 19.1. The van der Waals surface area contributed by atoms with Crippen LogP contribution in [0.2, 0.25) is 0 Å². The summed E-state index contributed by atoms with van der Waals surface area (Å²) in [6, 6.07) is 15.1. The molecule has 1 amide bonds. The number of fused-ring (bicyclic) bond motifs is 1.